The van der Waals surface area contributed by atoms with Crippen LogP contribution >= 0.6 is 11.8 Å². The second kappa shape index (κ2) is 7.92. The fourth-order valence-corrected chi connectivity index (χ4v) is 4.92. The summed E-state index contributed by atoms with van der Waals surface area (Å²) in [6.45, 7) is 7.81. The number of aromatic amines is 1. The van der Waals surface area contributed by atoms with Gasteiger partial charge in [0.2, 0.25) is 0 Å². The molecule has 2 aromatic rings. The molecular formula is C23H25N3O4S. The molecule has 4 rings (SSSR count). The van der Waals surface area contributed by atoms with Crippen molar-refractivity contribution in [2.75, 3.05) is 18.2 Å². The van der Waals surface area contributed by atoms with Crippen LogP contribution in [0.5, 0.6) is 11.5 Å². The summed E-state index contributed by atoms with van der Waals surface area (Å²) in [5.74, 6) is 0.701. The van der Waals surface area contributed by atoms with Crippen LogP contribution in [0, 0.1) is 5.41 Å². The molecule has 7 nitrogen and oxygen atoms in total. The summed E-state index contributed by atoms with van der Waals surface area (Å²) in [4.78, 5) is 33.8. The molecule has 1 unspecified atom stereocenters. The monoisotopic (exact) mass is 439 g/mol. The van der Waals surface area contributed by atoms with E-state index in [0.717, 1.165) is 5.70 Å². The predicted octanol–water partition coefficient (Wildman–Crippen LogP) is 3.96. The van der Waals surface area contributed by atoms with Crippen molar-refractivity contribution in [2.45, 2.75) is 37.8 Å². The van der Waals surface area contributed by atoms with Crippen LogP contribution in [0.2, 0.25) is 0 Å². The number of carbonyl (C=O) groups is 1. The van der Waals surface area contributed by atoms with Crippen LogP contribution in [0.4, 0.5) is 5.82 Å². The standard InChI is InChI=1S/C23H25N3O4S/c1-5-8-31-22-25-20-19(21(29)26-22)17(12-6-7-16(30-4)14(27)9-12)18-13(24-20)10-23(2,3)11-15(18)28/h5-7,9,17,27H,1,8,10-11H2,2-4H3,(H2,24,25,26,29). The minimum Gasteiger partial charge on any atom is -0.504 e. The lowest BCUT2D eigenvalue weighted by atomic mass is 9.69. The lowest BCUT2D eigenvalue weighted by Gasteiger charge is -2.38. The molecule has 0 radical (unpaired) electrons. The van der Waals surface area contributed by atoms with Crippen molar-refractivity contribution >= 4 is 23.4 Å². The van der Waals surface area contributed by atoms with Crippen molar-refractivity contribution in [3.8, 4) is 11.5 Å². The molecule has 8 heteroatoms. The van der Waals surface area contributed by atoms with Gasteiger partial charge < -0.3 is 20.1 Å². The first-order valence-corrected chi connectivity index (χ1v) is 11.0. The van der Waals surface area contributed by atoms with Crippen LogP contribution in [-0.4, -0.2) is 33.7 Å². The summed E-state index contributed by atoms with van der Waals surface area (Å²) in [6.07, 6.45) is 2.79. The molecule has 1 aliphatic carbocycles. The van der Waals surface area contributed by atoms with Crippen molar-refractivity contribution in [3.63, 3.8) is 0 Å². The summed E-state index contributed by atoms with van der Waals surface area (Å²) in [5, 5.41) is 14.1. The highest BCUT2D eigenvalue weighted by atomic mass is 32.2. The minimum absolute atomic E-state index is 0.00535. The Morgan fingerprint density at radius 1 is 1.35 bits per heavy atom. The average molecular weight is 440 g/mol. The van der Waals surface area contributed by atoms with E-state index in [0.29, 0.717) is 52.0 Å². The highest BCUT2D eigenvalue weighted by molar-refractivity contribution is 7.99. The molecule has 0 saturated carbocycles. The van der Waals surface area contributed by atoms with Crippen LogP contribution in [0.3, 0.4) is 0 Å². The molecule has 0 spiro atoms. The number of ether oxygens (including phenoxy) is 1. The highest BCUT2D eigenvalue weighted by Crippen LogP contribution is 2.48. The Balaban J connectivity index is 1.93. The van der Waals surface area contributed by atoms with Gasteiger partial charge in [0.1, 0.15) is 5.82 Å². The number of anilines is 1. The number of fused-ring (bicyclic) bond motifs is 1. The summed E-state index contributed by atoms with van der Waals surface area (Å²) < 4.78 is 5.16. The number of ketones is 1. The van der Waals surface area contributed by atoms with Gasteiger partial charge in [-0.2, -0.15) is 0 Å². The Morgan fingerprint density at radius 2 is 2.13 bits per heavy atom. The number of allylic oxidation sites excluding steroid dienone is 2. The first-order valence-electron chi connectivity index (χ1n) is 10.0. The second-order valence-corrected chi connectivity index (χ2v) is 9.56. The van der Waals surface area contributed by atoms with Gasteiger partial charge in [0.15, 0.2) is 22.4 Å². The Hall–Kier alpha value is -3.00. The molecule has 31 heavy (non-hydrogen) atoms. The van der Waals surface area contributed by atoms with E-state index in [1.807, 2.05) is 0 Å². The van der Waals surface area contributed by atoms with E-state index < -0.39 is 5.92 Å². The van der Waals surface area contributed by atoms with Crippen molar-refractivity contribution < 1.29 is 14.6 Å². The number of rotatable bonds is 5. The quantitative estimate of drug-likeness (QED) is 0.368. The number of H-pyrrole nitrogens is 1. The lowest BCUT2D eigenvalue weighted by Crippen LogP contribution is -2.37. The van der Waals surface area contributed by atoms with E-state index in [4.69, 9.17) is 4.74 Å². The van der Waals surface area contributed by atoms with Gasteiger partial charge in [-0.15, -0.1) is 6.58 Å². The van der Waals surface area contributed by atoms with Gasteiger partial charge in [0.05, 0.1) is 12.7 Å². The molecule has 0 fully saturated rings. The summed E-state index contributed by atoms with van der Waals surface area (Å²) in [6, 6.07) is 4.96. The fraction of sp³-hybridized carbons (Fsp3) is 0.348. The third-order valence-corrected chi connectivity index (χ3v) is 6.44. The van der Waals surface area contributed by atoms with Crippen molar-refractivity contribution in [1.82, 2.24) is 9.97 Å². The van der Waals surface area contributed by atoms with Crippen LogP contribution in [0.1, 0.15) is 43.7 Å². The third-order valence-electron chi connectivity index (χ3n) is 5.57. The number of nitrogens with zero attached hydrogens (tertiary/aromatic N) is 1. The maximum absolute atomic E-state index is 13.2. The van der Waals surface area contributed by atoms with Gasteiger partial charge in [0.25, 0.3) is 5.56 Å². The zero-order chi connectivity index (χ0) is 22.3. The first-order chi connectivity index (χ1) is 14.7. The largest absolute Gasteiger partial charge is 0.504 e. The van der Waals surface area contributed by atoms with Crippen molar-refractivity contribution in [2.24, 2.45) is 5.41 Å². The molecule has 2 heterocycles. The summed E-state index contributed by atoms with van der Waals surface area (Å²) >= 11 is 1.38. The molecular weight excluding hydrogens is 414 g/mol. The van der Waals surface area contributed by atoms with Gasteiger partial charge >= 0.3 is 0 Å². The van der Waals surface area contributed by atoms with Crippen LogP contribution in [0.15, 0.2) is 52.1 Å². The number of thioether (sulfide) groups is 1. The number of benzene rings is 1. The molecule has 0 saturated heterocycles. The maximum atomic E-state index is 13.2. The number of methoxy groups -OCH3 is 1. The Labute approximate surface area is 184 Å². The van der Waals surface area contributed by atoms with Crippen LogP contribution in [0.25, 0.3) is 0 Å². The van der Waals surface area contributed by atoms with Gasteiger partial charge in [0, 0.05) is 29.4 Å². The number of Topliss-reactive ketones (excluding diaryl/α,β-unsaturated/α-hetero) is 1. The summed E-state index contributed by atoms with van der Waals surface area (Å²) in [7, 11) is 1.47. The van der Waals surface area contributed by atoms with Gasteiger partial charge in [-0.25, -0.2) is 4.98 Å². The number of nitrogens with one attached hydrogen (secondary N) is 2. The number of aromatic nitrogens is 2. The smallest absolute Gasteiger partial charge is 0.257 e. The number of phenols is 1. The fourth-order valence-electron chi connectivity index (χ4n) is 4.32. The number of aromatic hydroxyl groups is 1. The Morgan fingerprint density at radius 3 is 2.81 bits per heavy atom. The maximum Gasteiger partial charge on any atom is 0.257 e. The number of carbonyl (C=O) groups excluding carboxylic acids is 1. The number of phenolic OH excluding ortho intramolecular Hbond substituents is 1. The molecule has 2 aliphatic rings. The van der Waals surface area contributed by atoms with Crippen LogP contribution < -0.4 is 15.6 Å². The molecule has 3 N–H and O–H groups in total. The van der Waals surface area contributed by atoms with Gasteiger partial charge in [-0.3, -0.25) is 9.59 Å². The van der Waals surface area contributed by atoms with E-state index in [1.165, 1.54) is 18.9 Å². The first kappa shape index (κ1) is 21.2. The molecule has 1 atom stereocenters. The second-order valence-electron chi connectivity index (χ2n) is 8.56. The average Bonchev–Trinajstić information content (AvgIpc) is 2.69. The van der Waals surface area contributed by atoms with E-state index >= 15 is 0 Å². The molecule has 1 aliphatic heterocycles. The van der Waals surface area contributed by atoms with Crippen molar-refractivity contribution in [1.29, 1.82) is 0 Å². The third kappa shape index (κ3) is 3.87. The van der Waals surface area contributed by atoms with E-state index in [-0.39, 0.29) is 22.5 Å². The Kier molecular flexibility index (Phi) is 5.43. The molecule has 1 aromatic heterocycles. The van der Waals surface area contributed by atoms with Crippen molar-refractivity contribution in [3.05, 3.63) is 63.6 Å². The van der Waals surface area contributed by atoms with E-state index in [9.17, 15) is 14.7 Å². The minimum atomic E-state index is -0.624. The predicted molar refractivity (Wildman–Crippen MR) is 121 cm³/mol. The van der Waals surface area contributed by atoms with E-state index in [1.54, 1.807) is 24.3 Å². The van der Waals surface area contributed by atoms with E-state index in [2.05, 4.69) is 35.7 Å². The SMILES string of the molecule is C=CCSc1nc2c(c(=O)[nH]1)C(c1ccc(OC)c(O)c1)C1=C(CC(C)(C)CC1=O)N2. The topological polar surface area (TPSA) is 104 Å². The molecule has 0 amide bonds. The zero-order valence-corrected chi connectivity index (χ0v) is 18.6. The van der Waals surface area contributed by atoms with Gasteiger partial charge in [-0.1, -0.05) is 37.8 Å². The molecule has 0 bridgehead atoms. The van der Waals surface area contributed by atoms with Gasteiger partial charge in [-0.05, 0) is 29.5 Å². The number of hydrogen-bond acceptors (Lipinski definition) is 7. The highest BCUT2D eigenvalue weighted by Gasteiger charge is 2.42. The van der Waals surface area contributed by atoms with Crippen LogP contribution in [-0.2, 0) is 4.79 Å². The summed E-state index contributed by atoms with van der Waals surface area (Å²) in [5.41, 5.74) is 1.85. The normalized spacial score (nSPS) is 19.3. The zero-order valence-electron chi connectivity index (χ0n) is 17.7. The Bertz CT molecular complexity index is 1170. The molecule has 1 aromatic carbocycles. The lowest BCUT2D eigenvalue weighted by molar-refractivity contribution is -0.118. The number of hydrogen-bond donors (Lipinski definition) is 3. The molecule has 162 valence electrons.